The summed E-state index contributed by atoms with van der Waals surface area (Å²) in [4.78, 5) is 0. The van der Waals surface area contributed by atoms with Gasteiger partial charge in [-0.2, -0.15) is 0 Å². The molecule has 0 heterocycles. The van der Waals surface area contributed by atoms with Crippen molar-refractivity contribution in [1.29, 1.82) is 0 Å². The Morgan fingerprint density at radius 2 is 1.69 bits per heavy atom. The van der Waals surface area contributed by atoms with Crippen molar-refractivity contribution in [1.82, 2.24) is 0 Å². The molecule has 0 spiro atoms. The molecule has 0 saturated carbocycles. The van der Waals surface area contributed by atoms with Crippen LogP contribution >= 0.6 is 0 Å². The molecule has 0 rings (SSSR count). The molecule has 92 valence electrons. The Morgan fingerprint density at radius 3 is 2.06 bits per heavy atom. The average Bonchev–Trinajstić information content (AvgIpc) is 2.36. The average molecular weight is 220 g/mol. The minimum atomic E-state index is 1.08. The molecule has 0 aliphatic heterocycles. The lowest BCUT2D eigenvalue weighted by Crippen LogP contribution is -1.88. The quantitative estimate of drug-likeness (QED) is 0.373. The van der Waals surface area contributed by atoms with Gasteiger partial charge in [0.1, 0.15) is 0 Å². The molecule has 16 heavy (non-hydrogen) atoms. The fourth-order valence-corrected chi connectivity index (χ4v) is 1.51. The third-order valence-electron chi connectivity index (χ3n) is 2.35. The van der Waals surface area contributed by atoms with Gasteiger partial charge < -0.3 is 0 Å². The molecule has 0 aromatic rings. The lowest BCUT2D eigenvalue weighted by molar-refractivity contribution is 0.878. The van der Waals surface area contributed by atoms with E-state index in [1.54, 1.807) is 5.57 Å². The Morgan fingerprint density at radius 1 is 1.06 bits per heavy atom. The molecule has 0 heteroatoms. The first kappa shape index (κ1) is 17.4. The first-order chi connectivity index (χ1) is 7.79. The molecule has 0 N–H and O–H groups in total. The Kier molecular flexibility index (Phi) is 15.1. The van der Waals surface area contributed by atoms with Gasteiger partial charge in [0.25, 0.3) is 0 Å². The van der Waals surface area contributed by atoms with E-state index < -0.39 is 0 Å². The van der Waals surface area contributed by atoms with Gasteiger partial charge in [0.15, 0.2) is 0 Å². The van der Waals surface area contributed by atoms with Crippen molar-refractivity contribution in [2.45, 2.75) is 53.4 Å². The third kappa shape index (κ3) is 8.28. The molecule has 0 nitrogen and oxygen atoms in total. The van der Waals surface area contributed by atoms with Crippen LogP contribution in [0, 0.1) is 0 Å². The van der Waals surface area contributed by atoms with Crippen LogP contribution in [0.3, 0.4) is 0 Å². The second-order valence-electron chi connectivity index (χ2n) is 3.26. The van der Waals surface area contributed by atoms with Crippen LogP contribution in [-0.4, -0.2) is 0 Å². The van der Waals surface area contributed by atoms with Gasteiger partial charge in [-0.15, -0.1) is 6.58 Å². The number of hydrogen-bond acceptors (Lipinski definition) is 0. The lowest BCUT2D eigenvalue weighted by atomic mass is 9.98. The summed E-state index contributed by atoms with van der Waals surface area (Å²) in [6.45, 7) is 15.9. The number of allylic oxidation sites excluding steroid dienone is 6. The maximum Gasteiger partial charge on any atom is -0.0280 e. The fourth-order valence-electron chi connectivity index (χ4n) is 1.51. The summed E-state index contributed by atoms with van der Waals surface area (Å²) in [6.07, 6.45) is 12.5. The highest BCUT2D eigenvalue weighted by molar-refractivity contribution is 5.27. The van der Waals surface area contributed by atoms with Gasteiger partial charge in [-0.1, -0.05) is 64.2 Å². The first-order valence-corrected chi connectivity index (χ1v) is 6.40. The van der Waals surface area contributed by atoms with Crippen molar-refractivity contribution >= 4 is 0 Å². The molecule has 0 radical (unpaired) electrons. The van der Waals surface area contributed by atoms with Crippen LogP contribution < -0.4 is 0 Å². The molecule has 0 unspecified atom stereocenters. The first-order valence-electron chi connectivity index (χ1n) is 6.40. The molecule has 0 aliphatic carbocycles. The topological polar surface area (TPSA) is 0 Å². The van der Waals surface area contributed by atoms with E-state index in [-0.39, 0.29) is 0 Å². The SMILES string of the molecule is C=C/C=C\C(CC)=C(/CC)CCC=C.CC. The van der Waals surface area contributed by atoms with Crippen LogP contribution in [0.4, 0.5) is 0 Å². The zero-order chi connectivity index (χ0) is 12.8. The van der Waals surface area contributed by atoms with Crippen LogP contribution in [0.15, 0.2) is 48.6 Å². The maximum atomic E-state index is 3.76. The third-order valence-corrected chi connectivity index (χ3v) is 2.35. The van der Waals surface area contributed by atoms with Crippen LogP contribution in [0.5, 0.6) is 0 Å². The Balaban J connectivity index is 0. The highest BCUT2D eigenvalue weighted by atomic mass is 14.0. The van der Waals surface area contributed by atoms with Gasteiger partial charge in [0.2, 0.25) is 0 Å². The highest BCUT2D eigenvalue weighted by Crippen LogP contribution is 2.19. The molecule has 0 aliphatic rings. The molecule has 0 fully saturated rings. The van der Waals surface area contributed by atoms with Gasteiger partial charge in [-0.3, -0.25) is 0 Å². The van der Waals surface area contributed by atoms with E-state index in [1.807, 2.05) is 32.1 Å². The van der Waals surface area contributed by atoms with Gasteiger partial charge in [-0.25, -0.2) is 0 Å². The molecule has 0 bridgehead atoms. The summed E-state index contributed by atoms with van der Waals surface area (Å²) in [6, 6.07) is 0. The normalized spacial score (nSPS) is 11.5. The molecule has 0 aromatic carbocycles. The minimum absolute atomic E-state index is 1.08. The van der Waals surface area contributed by atoms with E-state index in [9.17, 15) is 0 Å². The van der Waals surface area contributed by atoms with Crippen LogP contribution in [0.2, 0.25) is 0 Å². The summed E-state index contributed by atoms with van der Waals surface area (Å²) >= 11 is 0. The van der Waals surface area contributed by atoms with E-state index in [1.165, 1.54) is 5.57 Å². The largest absolute Gasteiger partial charge is 0.103 e. The Labute approximate surface area is 102 Å². The molecule has 0 atom stereocenters. The van der Waals surface area contributed by atoms with Gasteiger partial charge in [0.05, 0.1) is 0 Å². The van der Waals surface area contributed by atoms with E-state index in [4.69, 9.17) is 0 Å². The van der Waals surface area contributed by atoms with Crippen LogP contribution in [-0.2, 0) is 0 Å². The van der Waals surface area contributed by atoms with E-state index in [0.717, 1.165) is 25.7 Å². The smallest absolute Gasteiger partial charge is 0.0280 e. The van der Waals surface area contributed by atoms with Crippen molar-refractivity contribution in [3.05, 3.63) is 48.6 Å². The van der Waals surface area contributed by atoms with E-state index in [2.05, 4.69) is 33.1 Å². The standard InChI is InChI=1S/C14H22.C2H6/c1-5-9-11-13(7-3)14(8-4)12-10-6-2;1-2/h5-6,9,11H,1-2,7-8,10,12H2,3-4H3;1-2H3/b11-9-,14-13+;. The zero-order valence-electron chi connectivity index (χ0n) is 11.6. The van der Waals surface area contributed by atoms with Gasteiger partial charge in [0, 0.05) is 0 Å². The summed E-state index contributed by atoms with van der Waals surface area (Å²) in [5.41, 5.74) is 3.00. The summed E-state index contributed by atoms with van der Waals surface area (Å²) in [5.74, 6) is 0. The Hall–Kier alpha value is -1.04. The second-order valence-corrected chi connectivity index (χ2v) is 3.26. The van der Waals surface area contributed by atoms with Crippen molar-refractivity contribution in [3.63, 3.8) is 0 Å². The Bertz CT molecular complexity index is 228. The molecular weight excluding hydrogens is 192 g/mol. The maximum absolute atomic E-state index is 3.76. The van der Waals surface area contributed by atoms with Crippen molar-refractivity contribution in [2.24, 2.45) is 0 Å². The van der Waals surface area contributed by atoms with Gasteiger partial charge in [-0.05, 0) is 31.3 Å². The van der Waals surface area contributed by atoms with E-state index in [0.29, 0.717) is 0 Å². The second kappa shape index (κ2) is 14.0. The van der Waals surface area contributed by atoms with Crippen LogP contribution in [0.25, 0.3) is 0 Å². The molecular formula is C16H28. The van der Waals surface area contributed by atoms with Crippen molar-refractivity contribution < 1.29 is 0 Å². The highest BCUT2D eigenvalue weighted by Gasteiger charge is 1.99. The summed E-state index contributed by atoms with van der Waals surface area (Å²) < 4.78 is 0. The molecule has 0 amide bonds. The predicted octanol–water partition coefficient (Wildman–Crippen LogP) is 5.84. The van der Waals surface area contributed by atoms with E-state index >= 15 is 0 Å². The van der Waals surface area contributed by atoms with Crippen LogP contribution in [0.1, 0.15) is 53.4 Å². The van der Waals surface area contributed by atoms with Crippen molar-refractivity contribution in [3.8, 4) is 0 Å². The monoisotopic (exact) mass is 220 g/mol. The summed E-state index contributed by atoms with van der Waals surface area (Å²) in [7, 11) is 0. The van der Waals surface area contributed by atoms with Gasteiger partial charge >= 0.3 is 0 Å². The minimum Gasteiger partial charge on any atom is -0.103 e. The predicted molar refractivity (Wildman–Crippen MR) is 77.7 cm³/mol. The zero-order valence-corrected chi connectivity index (χ0v) is 11.6. The lowest BCUT2D eigenvalue weighted by Gasteiger charge is -2.08. The molecule has 0 saturated heterocycles. The summed E-state index contributed by atoms with van der Waals surface area (Å²) in [5, 5.41) is 0. The van der Waals surface area contributed by atoms with Crippen molar-refractivity contribution in [2.75, 3.05) is 0 Å². The molecule has 0 aromatic heterocycles. The number of rotatable bonds is 7. The fraction of sp³-hybridized carbons (Fsp3) is 0.500. The number of hydrogen-bond donors (Lipinski definition) is 0.